The van der Waals surface area contributed by atoms with Gasteiger partial charge in [-0.25, -0.2) is 0 Å². The average molecular weight is 634 g/mol. The van der Waals surface area contributed by atoms with Crippen molar-refractivity contribution in [3.05, 3.63) is 0 Å². The Morgan fingerprint density at radius 2 is 0.950 bits per heavy atom. The van der Waals surface area contributed by atoms with Crippen LogP contribution in [0.2, 0.25) is 70.0 Å². The Balaban J connectivity index is 7.47. The third-order valence-electron chi connectivity index (χ3n) is 11.2. The lowest BCUT2D eigenvalue weighted by molar-refractivity contribution is -0.0410. The molecule has 1 atom stereocenters. The minimum absolute atomic E-state index is 0.0106. The first kappa shape index (κ1) is 40.7. The quantitative estimate of drug-likeness (QED) is 0.128. The summed E-state index contributed by atoms with van der Waals surface area (Å²) in [6, 6.07) is 1.05. The molecule has 242 valence electrons. The van der Waals surface area contributed by atoms with Crippen molar-refractivity contribution in [2.75, 3.05) is 6.54 Å². The number of hydrogen-bond donors (Lipinski definition) is 1. The highest BCUT2D eigenvalue weighted by Gasteiger charge is 2.65. The molecule has 0 aromatic carbocycles. The van der Waals surface area contributed by atoms with Gasteiger partial charge in [-0.2, -0.15) is 0 Å². The Kier molecular flexibility index (Phi) is 15.4. The SMILES string of the molecule is CCC(CC)(O[Si](C)(CCCN)C(CC)(CC)O[Si](C)(C)C)C(CC)(CC)[Si](C)(C)OC(CC)(CC)[Si](C)(C)C. The van der Waals surface area contributed by atoms with Crippen LogP contribution in [0.15, 0.2) is 0 Å². The van der Waals surface area contributed by atoms with Crippen LogP contribution < -0.4 is 5.73 Å². The van der Waals surface area contributed by atoms with Gasteiger partial charge in [-0.05, 0) is 110 Å². The van der Waals surface area contributed by atoms with Crippen molar-refractivity contribution in [2.45, 2.75) is 199 Å². The average Bonchev–Trinajstić information content (AvgIpc) is 2.87. The highest BCUT2D eigenvalue weighted by atomic mass is 28.4. The molecule has 0 heterocycles. The summed E-state index contributed by atoms with van der Waals surface area (Å²) in [5, 5.41) is -0.234. The monoisotopic (exact) mass is 633 g/mol. The number of nitrogens with two attached hydrogens (primary N) is 1. The summed E-state index contributed by atoms with van der Waals surface area (Å²) in [6.45, 7) is 41.8. The lowest BCUT2D eigenvalue weighted by Gasteiger charge is -2.63. The van der Waals surface area contributed by atoms with E-state index in [2.05, 4.69) is 114 Å². The molecule has 1 unspecified atom stereocenters. The van der Waals surface area contributed by atoms with Gasteiger partial charge in [0.15, 0.2) is 16.6 Å². The Morgan fingerprint density at radius 1 is 0.525 bits per heavy atom. The van der Waals surface area contributed by atoms with Crippen LogP contribution in [0.1, 0.15) is 113 Å². The van der Waals surface area contributed by atoms with Gasteiger partial charge >= 0.3 is 0 Å². The van der Waals surface area contributed by atoms with Gasteiger partial charge in [-0.3, -0.25) is 0 Å². The van der Waals surface area contributed by atoms with E-state index in [-0.39, 0.29) is 21.1 Å². The predicted molar refractivity (Wildman–Crippen MR) is 191 cm³/mol. The maximum Gasteiger partial charge on any atom is 0.220 e. The third-order valence-corrected chi connectivity index (χ3v) is 25.4. The van der Waals surface area contributed by atoms with Crippen LogP contribution in [0, 0.1) is 0 Å². The first-order valence-corrected chi connectivity index (χ1v) is 29.4. The largest absolute Gasteiger partial charge is 0.414 e. The van der Waals surface area contributed by atoms with E-state index in [9.17, 15) is 0 Å². The molecule has 2 N–H and O–H groups in total. The minimum atomic E-state index is -2.46. The van der Waals surface area contributed by atoms with Crippen molar-refractivity contribution in [2.24, 2.45) is 5.73 Å². The van der Waals surface area contributed by atoms with E-state index in [1.54, 1.807) is 0 Å². The fraction of sp³-hybridized carbons (Fsp3) is 1.00. The zero-order chi connectivity index (χ0) is 31.9. The Labute approximate surface area is 257 Å². The molecular weight excluding hydrogens is 559 g/mol. The molecule has 0 bridgehead atoms. The van der Waals surface area contributed by atoms with Crippen LogP contribution >= 0.6 is 0 Å². The molecular formula is C32H75NO3Si4. The van der Waals surface area contributed by atoms with Crippen molar-refractivity contribution in [1.29, 1.82) is 0 Å². The van der Waals surface area contributed by atoms with E-state index in [1.807, 2.05) is 0 Å². The van der Waals surface area contributed by atoms with Crippen LogP contribution in [0.25, 0.3) is 0 Å². The van der Waals surface area contributed by atoms with E-state index < -0.39 is 33.0 Å². The van der Waals surface area contributed by atoms with E-state index in [1.165, 1.54) is 0 Å². The maximum atomic E-state index is 8.07. The molecule has 0 fully saturated rings. The topological polar surface area (TPSA) is 53.7 Å². The summed E-state index contributed by atoms with van der Waals surface area (Å²) in [5.41, 5.74) is 5.93. The van der Waals surface area contributed by atoms with Crippen LogP contribution in [-0.4, -0.2) is 55.6 Å². The van der Waals surface area contributed by atoms with Crippen molar-refractivity contribution in [3.63, 3.8) is 0 Å². The molecule has 40 heavy (non-hydrogen) atoms. The van der Waals surface area contributed by atoms with E-state index in [0.29, 0.717) is 6.54 Å². The molecule has 8 heteroatoms. The van der Waals surface area contributed by atoms with E-state index >= 15 is 0 Å². The van der Waals surface area contributed by atoms with Crippen molar-refractivity contribution in [3.8, 4) is 0 Å². The second-order valence-electron chi connectivity index (χ2n) is 15.2. The molecule has 0 aromatic rings. The van der Waals surface area contributed by atoms with Crippen LogP contribution in [0.5, 0.6) is 0 Å². The summed E-state index contributed by atoms with van der Waals surface area (Å²) in [5.74, 6) is 0. The second-order valence-corrected chi connectivity index (χ2v) is 33.3. The lowest BCUT2D eigenvalue weighted by Crippen LogP contribution is -2.70. The summed E-state index contributed by atoms with van der Waals surface area (Å²) in [4.78, 5) is 0. The Morgan fingerprint density at radius 3 is 1.23 bits per heavy atom. The number of rotatable bonds is 21. The molecule has 0 aliphatic heterocycles. The van der Waals surface area contributed by atoms with Gasteiger partial charge in [0.1, 0.15) is 0 Å². The zero-order valence-corrected chi connectivity index (χ0v) is 34.6. The van der Waals surface area contributed by atoms with Crippen LogP contribution in [0.3, 0.4) is 0 Å². The fourth-order valence-electron chi connectivity index (χ4n) is 8.74. The van der Waals surface area contributed by atoms with Gasteiger partial charge in [0, 0.05) is 10.3 Å². The molecule has 0 aliphatic carbocycles. The Hall–Kier alpha value is 0.708. The molecule has 4 nitrogen and oxygen atoms in total. The van der Waals surface area contributed by atoms with Crippen molar-refractivity contribution >= 4 is 33.0 Å². The standard InChI is InChI=1S/C32H75NO3Si4/c1-18-29(19-2,34-40(17,28-26-27-33)32(24-7,25-8)35-38(12,13)14)30(20-3,21-4)39(15,16)36-31(22-5,23-6)37(9,10)11/h18-28,33H2,1-17H3. The summed E-state index contributed by atoms with van der Waals surface area (Å²) < 4.78 is 23.1. The smallest absolute Gasteiger partial charge is 0.220 e. The highest BCUT2D eigenvalue weighted by molar-refractivity contribution is 6.82. The van der Waals surface area contributed by atoms with Crippen LogP contribution in [-0.2, 0) is 13.3 Å². The third kappa shape index (κ3) is 7.85. The van der Waals surface area contributed by atoms with Gasteiger partial charge in [-0.1, -0.05) is 75.0 Å². The van der Waals surface area contributed by atoms with Gasteiger partial charge < -0.3 is 19.0 Å². The van der Waals surface area contributed by atoms with Crippen molar-refractivity contribution in [1.82, 2.24) is 0 Å². The van der Waals surface area contributed by atoms with Gasteiger partial charge in [-0.15, -0.1) is 0 Å². The fourth-order valence-corrected chi connectivity index (χ4v) is 25.3. The zero-order valence-electron chi connectivity index (χ0n) is 30.6. The first-order valence-electron chi connectivity index (χ1n) is 17.0. The number of hydrogen-bond acceptors (Lipinski definition) is 4. The molecule has 0 rings (SSSR count). The lowest BCUT2D eigenvalue weighted by atomic mass is 9.78. The molecule has 0 saturated heterocycles. The van der Waals surface area contributed by atoms with Crippen molar-refractivity contribution < 1.29 is 13.3 Å². The molecule has 0 spiro atoms. The predicted octanol–water partition coefficient (Wildman–Crippen LogP) is 10.7. The van der Waals surface area contributed by atoms with Gasteiger partial charge in [0.25, 0.3) is 0 Å². The molecule has 0 aromatic heterocycles. The molecule has 0 saturated carbocycles. The maximum absolute atomic E-state index is 8.07. The van der Waals surface area contributed by atoms with Crippen LogP contribution in [0.4, 0.5) is 0 Å². The summed E-state index contributed by atoms with van der Waals surface area (Å²) >= 11 is 0. The first-order chi connectivity index (χ1) is 18.2. The Bertz CT molecular complexity index is 731. The van der Waals surface area contributed by atoms with E-state index in [0.717, 1.165) is 63.8 Å². The summed E-state index contributed by atoms with van der Waals surface area (Å²) in [7, 11) is -8.23. The molecule has 0 amide bonds. The second kappa shape index (κ2) is 15.1. The molecule has 0 aliphatic rings. The minimum Gasteiger partial charge on any atom is -0.414 e. The van der Waals surface area contributed by atoms with Gasteiger partial charge in [0.05, 0.1) is 18.9 Å². The molecule has 0 radical (unpaired) electrons. The van der Waals surface area contributed by atoms with E-state index in [4.69, 9.17) is 19.0 Å². The van der Waals surface area contributed by atoms with Gasteiger partial charge in [0.2, 0.25) is 8.32 Å². The summed E-state index contributed by atoms with van der Waals surface area (Å²) in [6.07, 6.45) is 9.35. The highest BCUT2D eigenvalue weighted by Crippen LogP contribution is 2.61. The normalized spacial score (nSPS) is 16.4.